The van der Waals surface area contributed by atoms with Gasteiger partial charge in [0.05, 0.1) is 17.9 Å². The number of ether oxygens (including phenoxy) is 1. The van der Waals surface area contributed by atoms with E-state index >= 15 is 0 Å². The summed E-state index contributed by atoms with van der Waals surface area (Å²) in [6, 6.07) is 16.9. The lowest BCUT2D eigenvalue weighted by atomic mass is 10.0. The number of nitrogens with one attached hydrogen (secondary N) is 4. The molecule has 3 rings (SSSR count). The van der Waals surface area contributed by atoms with Crippen molar-refractivity contribution < 1.29 is 19.1 Å². The maximum absolute atomic E-state index is 12.8. The lowest BCUT2D eigenvalue weighted by Gasteiger charge is -2.22. The minimum atomic E-state index is -0.880. The topological polar surface area (TPSA) is 125 Å². The highest BCUT2D eigenvalue weighted by Gasteiger charge is 2.26. The van der Waals surface area contributed by atoms with Gasteiger partial charge in [-0.1, -0.05) is 56.3 Å². The van der Waals surface area contributed by atoms with E-state index in [0.717, 1.165) is 5.56 Å². The van der Waals surface area contributed by atoms with Crippen molar-refractivity contribution in [1.82, 2.24) is 26.4 Å². The molecule has 0 aliphatic heterocycles. The molecule has 9 nitrogen and oxygen atoms in total. The Morgan fingerprint density at radius 3 is 2.36 bits per heavy atom. The highest BCUT2D eigenvalue weighted by molar-refractivity contribution is 6.00. The van der Waals surface area contributed by atoms with Crippen LogP contribution in [-0.4, -0.2) is 40.6 Å². The zero-order valence-corrected chi connectivity index (χ0v) is 18.7. The summed E-state index contributed by atoms with van der Waals surface area (Å²) in [4.78, 5) is 38.0. The van der Waals surface area contributed by atoms with Gasteiger partial charge in [0.1, 0.15) is 17.5 Å². The molecular weight excluding hydrogens is 422 g/mol. The van der Waals surface area contributed by atoms with Crippen molar-refractivity contribution in [2.24, 2.45) is 5.92 Å². The minimum absolute atomic E-state index is 0.185. The number of hydrogen-bond acceptors (Lipinski definition) is 5. The fourth-order valence-corrected chi connectivity index (χ4v) is 3.15. The average molecular weight is 450 g/mol. The summed E-state index contributed by atoms with van der Waals surface area (Å²) in [5, 5.41) is 9.50. The van der Waals surface area contributed by atoms with Gasteiger partial charge in [0.2, 0.25) is 0 Å². The van der Waals surface area contributed by atoms with Crippen LogP contribution in [0.25, 0.3) is 11.3 Å². The number of nitrogens with zero attached hydrogens (tertiary/aromatic N) is 1. The number of H-pyrrole nitrogens is 1. The Balaban J connectivity index is 1.62. The van der Waals surface area contributed by atoms with Gasteiger partial charge in [-0.25, -0.2) is 0 Å². The molecule has 1 heterocycles. The number of para-hydroxylation sites is 1. The zero-order chi connectivity index (χ0) is 23.8. The van der Waals surface area contributed by atoms with Crippen molar-refractivity contribution in [3.8, 4) is 17.0 Å². The molecule has 172 valence electrons. The monoisotopic (exact) mass is 449 g/mol. The molecule has 0 aliphatic carbocycles. The number of carbonyl (C=O) groups is 3. The van der Waals surface area contributed by atoms with Crippen LogP contribution in [0.3, 0.4) is 0 Å². The van der Waals surface area contributed by atoms with E-state index < -0.39 is 23.8 Å². The molecule has 0 spiro atoms. The quantitative estimate of drug-likeness (QED) is 0.394. The molecule has 9 heteroatoms. The van der Waals surface area contributed by atoms with Crippen LogP contribution in [-0.2, 0) is 4.79 Å². The molecule has 0 bridgehead atoms. The molecule has 3 amide bonds. The molecule has 0 aliphatic rings. The van der Waals surface area contributed by atoms with Crippen molar-refractivity contribution in [1.29, 1.82) is 0 Å². The third-order valence-corrected chi connectivity index (χ3v) is 4.86. The van der Waals surface area contributed by atoms with Crippen molar-refractivity contribution in [3.63, 3.8) is 0 Å². The fraction of sp³-hybridized carbons (Fsp3) is 0.250. The Morgan fingerprint density at radius 1 is 0.970 bits per heavy atom. The summed E-state index contributed by atoms with van der Waals surface area (Å²) in [6.07, 6.45) is 0. The molecule has 1 atom stereocenters. The van der Waals surface area contributed by atoms with Gasteiger partial charge in [-0.2, -0.15) is 5.10 Å². The summed E-state index contributed by atoms with van der Waals surface area (Å²) in [5.74, 6) is -1.36. The van der Waals surface area contributed by atoms with Crippen LogP contribution in [0.5, 0.6) is 5.75 Å². The van der Waals surface area contributed by atoms with E-state index in [9.17, 15) is 14.4 Å². The number of hydrazine groups is 1. The number of aromatic amines is 1. The smallest absolute Gasteiger partial charge is 0.287 e. The SMILES string of the molecule is CCOc1ccccc1C(=O)N[C@@H](C(=O)NNC(=O)c1cc(-c2ccccc2)n[nH]1)C(C)C. The molecule has 0 saturated carbocycles. The maximum atomic E-state index is 12.8. The largest absolute Gasteiger partial charge is 0.493 e. The highest BCUT2D eigenvalue weighted by Crippen LogP contribution is 2.19. The van der Waals surface area contributed by atoms with Crippen LogP contribution in [0.2, 0.25) is 0 Å². The summed E-state index contributed by atoms with van der Waals surface area (Å²) in [7, 11) is 0. The lowest BCUT2D eigenvalue weighted by molar-refractivity contribution is -0.124. The number of amides is 3. The molecule has 0 saturated heterocycles. The second-order valence-electron chi connectivity index (χ2n) is 7.60. The van der Waals surface area contributed by atoms with Crippen LogP contribution in [0.1, 0.15) is 41.6 Å². The Labute approximate surface area is 191 Å². The average Bonchev–Trinajstić information content (AvgIpc) is 3.32. The normalized spacial score (nSPS) is 11.5. The van der Waals surface area contributed by atoms with Crippen molar-refractivity contribution in [2.75, 3.05) is 6.61 Å². The van der Waals surface area contributed by atoms with E-state index in [2.05, 4.69) is 26.4 Å². The molecule has 0 fully saturated rings. The van der Waals surface area contributed by atoms with Gasteiger partial charge < -0.3 is 10.1 Å². The van der Waals surface area contributed by atoms with E-state index in [0.29, 0.717) is 23.6 Å². The van der Waals surface area contributed by atoms with Crippen molar-refractivity contribution >= 4 is 17.7 Å². The van der Waals surface area contributed by atoms with E-state index in [1.807, 2.05) is 37.3 Å². The van der Waals surface area contributed by atoms with Crippen LogP contribution >= 0.6 is 0 Å². The number of carbonyl (C=O) groups excluding carboxylic acids is 3. The number of aromatic nitrogens is 2. The number of rotatable bonds is 8. The van der Waals surface area contributed by atoms with Gasteiger partial charge in [0, 0.05) is 5.56 Å². The van der Waals surface area contributed by atoms with Gasteiger partial charge in [-0.05, 0) is 31.0 Å². The molecular formula is C24H27N5O4. The van der Waals surface area contributed by atoms with Gasteiger partial charge in [0.15, 0.2) is 0 Å². The Bertz CT molecular complexity index is 1110. The first-order valence-electron chi connectivity index (χ1n) is 10.6. The van der Waals surface area contributed by atoms with Crippen LogP contribution in [0, 0.1) is 5.92 Å². The maximum Gasteiger partial charge on any atom is 0.287 e. The zero-order valence-electron chi connectivity index (χ0n) is 18.7. The molecule has 2 aromatic carbocycles. The number of benzene rings is 2. The van der Waals surface area contributed by atoms with Crippen LogP contribution in [0.4, 0.5) is 0 Å². The highest BCUT2D eigenvalue weighted by atomic mass is 16.5. The molecule has 4 N–H and O–H groups in total. The molecule has 0 radical (unpaired) electrons. The minimum Gasteiger partial charge on any atom is -0.493 e. The van der Waals surface area contributed by atoms with Crippen molar-refractivity contribution in [3.05, 3.63) is 71.9 Å². The summed E-state index contributed by atoms with van der Waals surface area (Å²) < 4.78 is 5.49. The van der Waals surface area contributed by atoms with E-state index in [-0.39, 0.29) is 11.6 Å². The molecule has 33 heavy (non-hydrogen) atoms. The van der Waals surface area contributed by atoms with Crippen molar-refractivity contribution in [2.45, 2.75) is 26.8 Å². The Kier molecular flexibility index (Phi) is 7.80. The fourth-order valence-electron chi connectivity index (χ4n) is 3.15. The van der Waals surface area contributed by atoms with E-state index in [1.165, 1.54) is 0 Å². The first-order valence-corrected chi connectivity index (χ1v) is 10.6. The van der Waals surface area contributed by atoms with E-state index in [4.69, 9.17) is 4.74 Å². The van der Waals surface area contributed by atoms with Crippen LogP contribution < -0.4 is 20.9 Å². The van der Waals surface area contributed by atoms with E-state index in [1.54, 1.807) is 44.2 Å². The Morgan fingerprint density at radius 2 is 1.67 bits per heavy atom. The van der Waals surface area contributed by atoms with Crippen LogP contribution in [0.15, 0.2) is 60.7 Å². The second kappa shape index (κ2) is 10.9. The first kappa shape index (κ1) is 23.5. The molecule has 0 unspecified atom stereocenters. The van der Waals surface area contributed by atoms with Gasteiger partial charge in [0.25, 0.3) is 17.7 Å². The molecule has 3 aromatic rings. The lowest BCUT2D eigenvalue weighted by Crippen LogP contribution is -2.54. The van der Waals surface area contributed by atoms with Gasteiger partial charge >= 0.3 is 0 Å². The second-order valence-corrected chi connectivity index (χ2v) is 7.60. The van der Waals surface area contributed by atoms with Gasteiger partial charge in [-0.3, -0.25) is 30.3 Å². The van der Waals surface area contributed by atoms with Gasteiger partial charge in [-0.15, -0.1) is 0 Å². The first-order chi connectivity index (χ1) is 15.9. The third kappa shape index (κ3) is 5.97. The third-order valence-electron chi connectivity index (χ3n) is 4.86. The predicted octanol–water partition coefficient (Wildman–Crippen LogP) is 2.69. The standard InChI is InChI=1S/C24H27N5O4/c1-4-33-20-13-9-8-12-17(20)22(30)25-21(15(2)3)24(32)29-28-23(31)19-14-18(26-27-19)16-10-6-5-7-11-16/h5-15,21H,4H2,1-3H3,(H,25,30)(H,26,27)(H,28,31)(H,29,32)/t21-/m1/s1. The predicted molar refractivity (Wildman–Crippen MR) is 123 cm³/mol. The summed E-state index contributed by atoms with van der Waals surface area (Å²) >= 11 is 0. The number of hydrogen-bond donors (Lipinski definition) is 4. The summed E-state index contributed by atoms with van der Waals surface area (Å²) in [6.45, 7) is 5.82. The Hall–Kier alpha value is -4.14. The summed E-state index contributed by atoms with van der Waals surface area (Å²) in [5.41, 5.74) is 6.70. The molecule has 1 aromatic heterocycles.